The van der Waals surface area contributed by atoms with Gasteiger partial charge < -0.3 is 34.9 Å². The number of amides is 1. The summed E-state index contributed by atoms with van der Waals surface area (Å²) in [6.45, 7) is 25.1. The number of aromatic nitrogens is 2. The second-order valence-corrected chi connectivity index (χ2v) is 19.7. The van der Waals surface area contributed by atoms with Gasteiger partial charge in [-0.1, -0.05) is 82.8 Å². The number of hydrazine groups is 1. The Morgan fingerprint density at radius 2 is 1.79 bits per heavy atom. The first kappa shape index (κ1) is 58.1. The fraction of sp³-hybridized carbons (Fsp3) is 0.474. The average molecular weight is 991 g/mol. The Hall–Kier alpha value is -5.51. The van der Waals surface area contributed by atoms with Gasteiger partial charge in [-0.2, -0.15) is 11.8 Å². The number of carbonyl (C=O) groups excluding carboxylic acids is 3. The Balaban J connectivity index is 0.00000211. The van der Waals surface area contributed by atoms with E-state index in [1.54, 1.807) is 31.1 Å². The minimum absolute atomic E-state index is 0.0000793. The van der Waals surface area contributed by atoms with E-state index in [-0.39, 0.29) is 29.8 Å². The van der Waals surface area contributed by atoms with Crippen LogP contribution in [0.15, 0.2) is 110 Å². The van der Waals surface area contributed by atoms with E-state index < -0.39 is 12.1 Å². The number of ketones is 1. The summed E-state index contributed by atoms with van der Waals surface area (Å²) in [7, 11) is 3.20. The highest BCUT2D eigenvalue weighted by molar-refractivity contribution is 7.97. The summed E-state index contributed by atoms with van der Waals surface area (Å²) in [6, 6.07) is 17.8. The Morgan fingerprint density at radius 1 is 1.04 bits per heavy atom. The second kappa shape index (κ2) is 29.1. The van der Waals surface area contributed by atoms with Crippen LogP contribution < -0.4 is 22.3 Å². The quantitative estimate of drug-likeness (QED) is 0.0173. The molecule has 0 radical (unpaired) electrons. The van der Waals surface area contributed by atoms with Crippen LogP contribution in [0.1, 0.15) is 95.6 Å². The first-order valence-corrected chi connectivity index (χ1v) is 26.6. The molecular weight excluding hydrogens is 909 g/mol. The Labute approximate surface area is 428 Å². The van der Waals surface area contributed by atoms with E-state index in [2.05, 4.69) is 114 Å². The van der Waals surface area contributed by atoms with Gasteiger partial charge in [0.15, 0.2) is 5.78 Å². The van der Waals surface area contributed by atoms with Crippen LogP contribution >= 0.6 is 11.8 Å². The normalized spacial score (nSPS) is 15.5. The van der Waals surface area contributed by atoms with Crippen LogP contribution in [0.5, 0.6) is 0 Å². The molecule has 2 aromatic carbocycles. The highest BCUT2D eigenvalue weighted by atomic mass is 32.2. The van der Waals surface area contributed by atoms with Crippen molar-refractivity contribution < 1.29 is 23.9 Å². The molecule has 386 valence electrons. The van der Waals surface area contributed by atoms with Gasteiger partial charge in [0.25, 0.3) is 6.47 Å². The van der Waals surface area contributed by atoms with Crippen molar-refractivity contribution in [3.8, 4) is 22.4 Å². The number of carbonyl (C=O) groups is 3. The summed E-state index contributed by atoms with van der Waals surface area (Å²) in [5.41, 5.74) is 17.7. The number of Topliss-reactive ketones (excluding diaryl/α,β-unsaturated/α-hetero) is 1. The number of nitrogens with zero attached hydrogens (tertiary/aromatic N) is 4. The number of fused-ring (bicyclic) bond motifs is 1. The minimum Gasteiger partial charge on any atom is -0.467 e. The number of unbranched alkanes of at least 4 members (excludes halogenated alkanes) is 1. The molecule has 4 aromatic rings. The maximum Gasteiger partial charge on any atom is 0.293 e. The van der Waals surface area contributed by atoms with E-state index >= 15 is 0 Å². The minimum atomic E-state index is -0.719. The number of nitrogens with one attached hydrogen (secondary N) is 2. The predicted molar refractivity (Wildman–Crippen MR) is 295 cm³/mol. The van der Waals surface area contributed by atoms with E-state index in [0.29, 0.717) is 51.7 Å². The van der Waals surface area contributed by atoms with Crippen molar-refractivity contribution in [1.29, 1.82) is 0 Å². The number of allylic oxidation sites excluding steroid dienone is 1. The molecule has 3 unspecified atom stereocenters. The standard InChI is InChI=1S/C54H71N7O5.C2H6S.CH5N/c1-9-37(3)59-29-25-43(34-59)38(4)61-28-15-11-12-21-49(61)53(64)58-47(50(63)22-13-14-27-57-55)31-40-18-16-19-41(30-40)42-23-24-48-45(32-42)46(33-54(6,7)35-66-36-62)52(60(48)10-2)44-20-17-26-56-51(44)39(5)65-8;1-3-2;1-2/h9,16-20,23-26,30,32,36,39,47,49,57H,1,3-4,10-15,21-22,27-29,31,33-35,55H2,2,5-8H3,(H,58,64);1-2H3;2H2,1H3. The van der Waals surface area contributed by atoms with Crippen molar-refractivity contribution >= 4 is 40.8 Å². The molecule has 2 aliphatic rings. The lowest BCUT2D eigenvalue weighted by Gasteiger charge is -2.34. The second-order valence-electron chi connectivity index (χ2n) is 18.9. The maximum atomic E-state index is 14.5. The third kappa shape index (κ3) is 15.5. The van der Waals surface area contributed by atoms with Crippen molar-refractivity contribution in [3.63, 3.8) is 0 Å². The van der Waals surface area contributed by atoms with Gasteiger partial charge in [-0.3, -0.25) is 30.6 Å². The van der Waals surface area contributed by atoms with Gasteiger partial charge in [-0.15, -0.1) is 0 Å². The van der Waals surface area contributed by atoms with Crippen LogP contribution in [-0.4, -0.2) is 109 Å². The lowest BCUT2D eigenvalue weighted by molar-refractivity contribution is -0.131. The lowest BCUT2D eigenvalue weighted by atomic mass is 9.84. The van der Waals surface area contributed by atoms with Gasteiger partial charge in [-0.25, -0.2) is 0 Å². The van der Waals surface area contributed by atoms with Gasteiger partial charge in [0, 0.05) is 85.7 Å². The van der Waals surface area contributed by atoms with Gasteiger partial charge in [-0.05, 0) is 130 Å². The number of rotatable bonds is 24. The van der Waals surface area contributed by atoms with E-state index in [4.69, 9.17) is 20.3 Å². The molecule has 6 rings (SSSR count). The molecule has 13 nitrogen and oxygen atoms in total. The Morgan fingerprint density at radius 3 is 2.48 bits per heavy atom. The molecule has 6 N–H and O–H groups in total. The number of pyridine rings is 1. The molecule has 71 heavy (non-hydrogen) atoms. The summed E-state index contributed by atoms with van der Waals surface area (Å²) < 4.78 is 13.5. The Bertz CT molecular complexity index is 2450. The van der Waals surface area contributed by atoms with Crippen LogP contribution in [-0.2, 0) is 43.2 Å². The monoisotopic (exact) mass is 991 g/mol. The number of benzene rings is 2. The fourth-order valence-electron chi connectivity index (χ4n) is 9.59. The molecule has 0 aliphatic carbocycles. The van der Waals surface area contributed by atoms with E-state index in [1.807, 2.05) is 37.6 Å². The largest absolute Gasteiger partial charge is 0.467 e. The summed E-state index contributed by atoms with van der Waals surface area (Å²) in [5.74, 6) is 5.40. The fourth-order valence-corrected chi connectivity index (χ4v) is 9.59. The van der Waals surface area contributed by atoms with Gasteiger partial charge >= 0.3 is 0 Å². The van der Waals surface area contributed by atoms with Crippen LogP contribution in [0.3, 0.4) is 0 Å². The summed E-state index contributed by atoms with van der Waals surface area (Å²) in [4.78, 5) is 49.2. The highest BCUT2D eigenvalue weighted by Gasteiger charge is 2.34. The molecular formula is C57H82N8O5S. The summed E-state index contributed by atoms with van der Waals surface area (Å²) in [5, 5.41) is 4.37. The number of hydrogen-bond donors (Lipinski definition) is 4. The predicted octanol–water partition coefficient (Wildman–Crippen LogP) is 9.32. The van der Waals surface area contributed by atoms with E-state index in [0.717, 1.165) is 112 Å². The SMILES string of the molecule is C=CC(=C)N1CC=C(C(=C)N2CCCCCC2C(=O)NC(Cc2cccc(-c3ccc4c(c3)c(CC(C)(C)COC=O)c(-c3cccnc3C(C)OC)n4CC)c2)C(=O)CCCCNN)C1.CN.CSC. The van der Waals surface area contributed by atoms with Crippen LogP contribution in [0.25, 0.3) is 33.3 Å². The van der Waals surface area contributed by atoms with Crippen molar-refractivity contribution in [2.45, 2.75) is 110 Å². The molecule has 0 bridgehead atoms. The van der Waals surface area contributed by atoms with Gasteiger partial charge in [0.1, 0.15) is 6.04 Å². The van der Waals surface area contributed by atoms with Crippen molar-refractivity contribution in [2.24, 2.45) is 17.0 Å². The number of ether oxygens (including phenoxy) is 2. The first-order chi connectivity index (χ1) is 34.2. The summed E-state index contributed by atoms with van der Waals surface area (Å²) in [6.07, 6.45) is 15.9. The van der Waals surface area contributed by atoms with Gasteiger partial charge in [0.2, 0.25) is 5.91 Å². The molecule has 3 atom stereocenters. The third-order valence-corrected chi connectivity index (χ3v) is 13.2. The summed E-state index contributed by atoms with van der Waals surface area (Å²) >= 11 is 1.75. The molecule has 2 aromatic heterocycles. The molecule has 1 fully saturated rings. The molecule has 0 spiro atoms. The molecule has 2 aliphatic heterocycles. The average Bonchev–Trinajstić information content (AvgIpc) is 3.90. The zero-order valence-corrected chi connectivity index (χ0v) is 44.7. The molecule has 1 amide bonds. The molecule has 14 heteroatoms. The lowest BCUT2D eigenvalue weighted by Crippen LogP contribution is -2.52. The van der Waals surface area contributed by atoms with Crippen LogP contribution in [0, 0.1) is 5.41 Å². The van der Waals surface area contributed by atoms with E-state index in [1.165, 1.54) is 7.05 Å². The third-order valence-electron chi connectivity index (χ3n) is 13.2. The van der Waals surface area contributed by atoms with Gasteiger partial charge in [0.05, 0.1) is 30.1 Å². The van der Waals surface area contributed by atoms with Crippen LogP contribution in [0.2, 0.25) is 0 Å². The van der Waals surface area contributed by atoms with E-state index in [9.17, 15) is 14.4 Å². The number of hydrogen-bond acceptors (Lipinski definition) is 12. The maximum absolute atomic E-state index is 14.5. The number of likely N-dealkylation sites (tertiary alicyclic amines) is 1. The molecule has 0 saturated carbocycles. The van der Waals surface area contributed by atoms with Crippen LogP contribution in [0.4, 0.5) is 0 Å². The van der Waals surface area contributed by atoms with Crippen molar-refractivity contribution in [2.75, 3.05) is 59.5 Å². The Kier molecular flexibility index (Phi) is 23.8. The topological polar surface area (TPSA) is 170 Å². The number of methoxy groups -OCH3 is 1. The highest BCUT2D eigenvalue weighted by Crippen LogP contribution is 2.42. The smallest absolute Gasteiger partial charge is 0.293 e. The number of thioether (sulfide) groups is 1. The molecule has 4 heterocycles. The zero-order chi connectivity index (χ0) is 52.1. The van der Waals surface area contributed by atoms with Crippen molar-refractivity contribution in [1.82, 2.24) is 30.1 Å². The van der Waals surface area contributed by atoms with Crippen molar-refractivity contribution in [3.05, 3.63) is 126 Å². The first-order valence-electron chi connectivity index (χ1n) is 25.0. The zero-order valence-electron chi connectivity index (χ0n) is 43.9. The number of nitrogens with two attached hydrogens (primary N) is 2. The molecule has 1 saturated heterocycles. The number of aryl methyl sites for hydroxylation is 1.